The van der Waals surface area contributed by atoms with Gasteiger partial charge in [-0.15, -0.1) is 11.8 Å². The zero-order valence-corrected chi connectivity index (χ0v) is 15.5. The Hall–Kier alpha value is -1.45. The van der Waals surface area contributed by atoms with Gasteiger partial charge >= 0.3 is 5.97 Å². The van der Waals surface area contributed by atoms with Crippen LogP contribution in [-0.4, -0.2) is 59.7 Å². The Morgan fingerprint density at radius 1 is 1.52 bits per heavy atom. The molecule has 0 aromatic carbocycles. The Bertz CT molecular complexity index is 775. The summed E-state index contributed by atoms with van der Waals surface area (Å²) in [5, 5.41) is 20.8. The third-order valence-corrected chi connectivity index (χ3v) is 7.93. The average Bonchev–Trinajstić information content (AvgIpc) is 3.09. The summed E-state index contributed by atoms with van der Waals surface area (Å²) < 4.78 is 2.07. The van der Waals surface area contributed by atoms with Crippen LogP contribution in [0.5, 0.6) is 0 Å². The highest BCUT2D eigenvalue weighted by Crippen LogP contribution is 2.52. The third kappa shape index (κ3) is 2.51. The summed E-state index contributed by atoms with van der Waals surface area (Å²) in [6, 6.07) is -0.249. The molecule has 4 heterocycles. The van der Waals surface area contributed by atoms with E-state index >= 15 is 0 Å². The number of amides is 1. The highest BCUT2D eigenvalue weighted by Gasteiger charge is 2.60. The molecule has 4 rings (SSSR count). The minimum atomic E-state index is -1.07. The second kappa shape index (κ2) is 6.07. The lowest BCUT2D eigenvalue weighted by atomic mass is 9.79. The summed E-state index contributed by atoms with van der Waals surface area (Å²) in [5.74, 6) is -1.09. The predicted molar refractivity (Wildman–Crippen MR) is 94.0 cm³/mol. The van der Waals surface area contributed by atoms with Crippen LogP contribution in [0.3, 0.4) is 0 Å². The predicted octanol–water partition coefficient (Wildman–Crippen LogP) is 1.24. The van der Waals surface area contributed by atoms with Crippen molar-refractivity contribution in [3.05, 3.63) is 23.0 Å². The lowest BCUT2D eigenvalue weighted by Crippen LogP contribution is -2.63. The number of nitrogens with zero attached hydrogens (tertiary/aromatic N) is 3. The first-order chi connectivity index (χ1) is 11.9. The second-order valence-corrected chi connectivity index (χ2v) is 9.01. The van der Waals surface area contributed by atoms with Crippen LogP contribution >= 0.6 is 23.5 Å². The van der Waals surface area contributed by atoms with E-state index in [1.54, 1.807) is 36.6 Å². The summed E-state index contributed by atoms with van der Waals surface area (Å²) in [4.78, 5) is 30.6. The van der Waals surface area contributed by atoms with Gasteiger partial charge in [-0.2, -0.15) is 0 Å². The first-order valence-corrected chi connectivity index (χ1v) is 10.1. The molecule has 2 N–H and O–H groups in total. The molecule has 3 aliphatic heterocycles. The number of aliphatic hydroxyl groups is 1. The van der Waals surface area contributed by atoms with Gasteiger partial charge in [0.05, 0.1) is 18.1 Å². The Labute approximate surface area is 153 Å². The van der Waals surface area contributed by atoms with Gasteiger partial charge in [0.1, 0.15) is 5.70 Å². The number of carboxylic acid groups (broad SMARTS) is 1. The van der Waals surface area contributed by atoms with Crippen molar-refractivity contribution in [1.29, 1.82) is 0 Å². The van der Waals surface area contributed by atoms with Gasteiger partial charge < -0.3 is 19.7 Å². The van der Waals surface area contributed by atoms with Gasteiger partial charge in [-0.25, -0.2) is 9.78 Å². The molecule has 3 aliphatic rings. The van der Waals surface area contributed by atoms with Crippen LogP contribution < -0.4 is 0 Å². The summed E-state index contributed by atoms with van der Waals surface area (Å²) in [7, 11) is 0. The molecular formula is C16H19N3O4S2. The maximum atomic E-state index is 12.4. The lowest BCUT2D eigenvalue weighted by Gasteiger charge is -2.46. The maximum Gasteiger partial charge on any atom is 0.353 e. The number of fused-ring (bicyclic) bond motifs is 2. The molecule has 0 unspecified atom stereocenters. The molecule has 1 amide bonds. The molecule has 1 aromatic heterocycles. The van der Waals surface area contributed by atoms with Gasteiger partial charge in [0.15, 0.2) is 5.16 Å². The van der Waals surface area contributed by atoms with Crippen LogP contribution in [0.1, 0.15) is 13.8 Å². The summed E-state index contributed by atoms with van der Waals surface area (Å²) in [5.41, 5.74) is 0.103. The van der Waals surface area contributed by atoms with E-state index in [1.165, 1.54) is 4.90 Å². The van der Waals surface area contributed by atoms with E-state index in [2.05, 4.69) is 9.55 Å². The topological polar surface area (TPSA) is 95.7 Å². The highest BCUT2D eigenvalue weighted by molar-refractivity contribution is 8.05. The quantitative estimate of drug-likeness (QED) is 0.758. The fourth-order valence-corrected chi connectivity index (χ4v) is 6.54. The zero-order chi connectivity index (χ0) is 17.9. The standard InChI is InChI=1S/C16H19N3O4S2/c1-7-11-10(8(2)20)14(21)19(11)12(15(22)23)13(7)25-9-5-18-4-3-17-16(18)24-6-9/h3-4,7-11,20H,5-6H2,1-2H3,(H,22,23)/t7-,8-,9+,10-,11-/m1/s1. The maximum absolute atomic E-state index is 12.4. The van der Waals surface area contributed by atoms with E-state index in [9.17, 15) is 19.8 Å². The largest absolute Gasteiger partial charge is 0.477 e. The number of rotatable bonds is 4. The molecule has 0 bridgehead atoms. The number of thioether (sulfide) groups is 2. The SMILES string of the molecule is C[C@@H](O)[C@H]1C(=O)N2C(C(=O)O)=C(S[C@@H]3CSc4nccn4C3)[C@H](C)[C@H]12. The molecule has 1 aromatic rings. The zero-order valence-electron chi connectivity index (χ0n) is 13.8. The third-order valence-electron chi connectivity index (χ3n) is 5.08. The summed E-state index contributed by atoms with van der Waals surface area (Å²) in [6.07, 6.45) is 2.93. The number of carboxylic acids is 1. The van der Waals surface area contributed by atoms with Crippen molar-refractivity contribution in [3.8, 4) is 0 Å². The van der Waals surface area contributed by atoms with E-state index in [1.807, 2.05) is 13.1 Å². The minimum absolute atomic E-state index is 0.0809. The average molecular weight is 381 g/mol. The van der Waals surface area contributed by atoms with Crippen molar-refractivity contribution in [2.45, 2.75) is 42.9 Å². The van der Waals surface area contributed by atoms with E-state index < -0.39 is 18.0 Å². The van der Waals surface area contributed by atoms with Crippen molar-refractivity contribution >= 4 is 35.4 Å². The first kappa shape index (κ1) is 17.0. The summed E-state index contributed by atoms with van der Waals surface area (Å²) in [6.45, 7) is 4.32. The molecule has 7 nitrogen and oxygen atoms in total. The molecule has 0 aliphatic carbocycles. The van der Waals surface area contributed by atoms with Crippen molar-refractivity contribution in [2.24, 2.45) is 11.8 Å². The van der Waals surface area contributed by atoms with Gasteiger partial charge in [0.25, 0.3) is 0 Å². The van der Waals surface area contributed by atoms with E-state index in [0.29, 0.717) is 0 Å². The molecular weight excluding hydrogens is 362 g/mol. The molecule has 0 radical (unpaired) electrons. The van der Waals surface area contributed by atoms with Gasteiger partial charge in [0.2, 0.25) is 5.91 Å². The Morgan fingerprint density at radius 3 is 2.96 bits per heavy atom. The van der Waals surface area contributed by atoms with Crippen LogP contribution in [0.15, 0.2) is 28.2 Å². The number of hydrogen-bond acceptors (Lipinski definition) is 6. The van der Waals surface area contributed by atoms with Gasteiger partial charge in [-0.3, -0.25) is 4.79 Å². The number of aromatic nitrogens is 2. The number of hydrogen-bond donors (Lipinski definition) is 2. The fraction of sp³-hybridized carbons (Fsp3) is 0.562. The van der Waals surface area contributed by atoms with Crippen molar-refractivity contribution in [3.63, 3.8) is 0 Å². The van der Waals surface area contributed by atoms with Crippen LogP contribution in [-0.2, 0) is 16.1 Å². The Morgan fingerprint density at radius 2 is 2.28 bits per heavy atom. The smallest absolute Gasteiger partial charge is 0.353 e. The normalized spacial score (nSPS) is 32.3. The molecule has 1 saturated heterocycles. The Kier molecular flexibility index (Phi) is 4.12. The minimum Gasteiger partial charge on any atom is -0.477 e. The van der Waals surface area contributed by atoms with E-state index in [4.69, 9.17) is 0 Å². The molecule has 9 heteroatoms. The van der Waals surface area contributed by atoms with Gasteiger partial charge in [0, 0.05) is 40.8 Å². The van der Waals surface area contributed by atoms with Crippen molar-refractivity contribution < 1.29 is 19.8 Å². The number of carbonyl (C=O) groups is 2. The number of aliphatic hydroxyl groups excluding tert-OH is 1. The van der Waals surface area contributed by atoms with Crippen LogP contribution in [0, 0.1) is 11.8 Å². The van der Waals surface area contributed by atoms with E-state index in [-0.39, 0.29) is 28.8 Å². The highest BCUT2D eigenvalue weighted by atomic mass is 32.2. The number of aliphatic carboxylic acids is 1. The van der Waals surface area contributed by atoms with Gasteiger partial charge in [-0.1, -0.05) is 18.7 Å². The fourth-order valence-electron chi connectivity index (χ4n) is 3.94. The molecule has 5 atom stereocenters. The number of carbonyl (C=O) groups excluding carboxylic acids is 1. The monoisotopic (exact) mass is 381 g/mol. The number of β-lactam (4-membered cyclic amide) rings is 1. The number of imidazole rings is 1. The molecule has 0 spiro atoms. The first-order valence-electron chi connectivity index (χ1n) is 8.19. The molecule has 134 valence electrons. The van der Waals surface area contributed by atoms with Crippen LogP contribution in [0.2, 0.25) is 0 Å². The van der Waals surface area contributed by atoms with Crippen LogP contribution in [0.4, 0.5) is 0 Å². The van der Waals surface area contributed by atoms with Crippen molar-refractivity contribution in [1.82, 2.24) is 14.5 Å². The Balaban J connectivity index is 1.60. The van der Waals surface area contributed by atoms with Crippen molar-refractivity contribution in [2.75, 3.05) is 5.75 Å². The second-order valence-electron chi connectivity index (χ2n) is 6.68. The van der Waals surface area contributed by atoms with Crippen LogP contribution in [0.25, 0.3) is 0 Å². The molecule has 0 saturated carbocycles. The molecule has 25 heavy (non-hydrogen) atoms. The summed E-state index contributed by atoms with van der Waals surface area (Å²) >= 11 is 3.22. The molecule has 1 fully saturated rings. The van der Waals surface area contributed by atoms with Gasteiger partial charge in [-0.05, 0) is 6.92 Å². The van der Waals surface area contributed by atoms with E-state index in [0.717, 1.165) is 22.4 Å². The lowest BCUT2D eigenvalue weighted by molar-refractivity contribution is -0.163.